The lowest BCUT2D eigenvalue weighted by Gasteiger charge is -2.35. The van der Waals surface area contributed by atoms with Gasteiger partial charge in [0.25, 0.3) is 0 Å². The maximum Gasteiger partial charge on any atom is 0.330 e. The van der Waals surface area contributed by atoms with Crippen molar-refractivity contribution in [2.24, 2.45) is 11.8 Å². The van der Waals surface area contributed by atoms with Crippen LogP contribution < -0.4 is 5.32 Å². The van der Waals surface area contributed by atoms with Gasteiger partial charge in [0, 0.05) is 6.54 Å². The van der Waals surface area contributed by atoms with Gasteiger partial charge in [0.1, 0.15) is 5.92 Å². The Balaban J connectivity index is 2.05. The lowest BCUT2D eigenvalue weighted by Crippen LogP contribution is -2.59. The number of barbiturate groups is 1. The van der Waals surface area contributed by atoms with Crippen molar-refractivity contribution >= 4 is 17.8 Å². The van der Waals surface area contributed by atoms with Crippen molar-refractivity contribution < 1.29 is 14.4 Å². The average Bonchev–Trinajstić information content (AvgIpc) is 2.21. The number of nitrogens with one attached hydrogen (secondary N) is 1. The Kier molecular flexibility index (Phi) is 3.45. The van der Waals surface area contributed by atoms with Crippen molar-refractivity contribution in [2.75, 3.05) is 6.54 Å². The molecule has 1 N–H and O–H groups in total. The molecule has 0 spiro atoms. The predicted molar refractivity (Wildman–Crippen MR) is 61.0 cm³/mol. The molecule has 1 saturated carbocycles. The first-order valence-electron chi connectivity index (χ1n) is 6.29. The molecule has 1 heterocycles. The van der Waals surface area contributed by atoms with E-state index in [2.05, 4.69) is 5.32 Å². The number of urea groups is 1. The van der Waals surface area contributed by atoms with E-state index < -0.39 is 17.9 Å². The zero-order valence-corrected chi connectivity index (χ0v) is 10.1. The monoisotopic (exact) mass is 238 g/mol. The SMILES string of the molecule is CCCC1C(=O)NC(=O)N(CC2CCC2)C1=O. The molecule has 0 aromatic heterocycles. The van der Waals surface area contributed by atoms with Gasteiger partial charge in [0.15, 0.2) is 0 Å². The van der Waals surface area contributed by atoms with Gasteiger partial charge < -0.3 is 0 Å². The molecule has 2 fully saturated rings. The molecule has 4 amide bonds. The summed E-state index contributed by atoms with van der Waals surface area (Å²) < 4.78 is 0. The number of carbonyl (C=O) groups excluding carboxylic acids is 3. The van der Waals surface area contributed by atoms with Crippen LogP contribution in [0, 0.1) is 11.8 Å². The number of carbonyl (C=O) groups is 3. The van der Waals surface area contributed by atoms with Crippen molar-refractivity contribution in [2.45, 2.75) is 39.0 Å². The highest BCUT2D eigenvalue weighted by Gasteiger charge is 2.40. The first kappa shape index (κ1) is 12.1. The molecule has 5 heteroatoms. The highest BCUT2D eigenvalue weighted by molar-refractivity contribution is 6.16. The fourth-order valence-electron chi connectivity index (χ4n) is 2.31. The molecule has 1 aliphatic heterocycles. The van der Waals surface area contributed by atoms with Crippen LogP contribution in [-0.4, -0.2) is 29.3 Å². The van der Waals surface area contributed by atoms with Crippen LogP contribution in [0.1, 0.15) is 39.0 Å². The summed E-state index contributed by atoms with van der Waals surface area (Å²) in [6.45, 7) is 2.39. The van der Waals surface area contributed by atoms with E-state index in [1.54, 1.807) is 0 Å². The number of imide groups is 2. The Bertz CT molecular complexity index is 350. The van der Waals surface area contributed by atoms with Crippen molar-refractivity contribution in [1.29, 1.82) is 0 Å². The second kappa shape index (κ2) is 4.85. The van der Waals surface area contributed by atoms with Crippen LogP contribution in [0.3, 0.4) is 0 Å². The highest BCUT2D eigenvalue weighted by Crippen LogP contribution is 2.28. The Morgan fingerprint density at radius 1 is 1.29 bits per heavy atom. The maximum atomic E-state index is 12.1. The topological polar surface area (TPSA) is 66.5 Å². The minimum Gasteiger partial charge on any atom is -0.277 e. The van der Waals surface area contributed by atoms with Crippen LogP contribution in [0.15, 0.2) is 0 Å². The molecule has 5 nitrogen and oxygen atoms in total. The molecule has 2 rings (SSSR count). The summed E-state index contributed by atoms with van der Waals surface area (Å²) >= 11 is 0. The standard InChI is InChI=1S/C12H18N2O3/c1-2-4-9-10(15)13-12(17)14(11(9)16)7-8-5-3-6-8/h8-9H,2-7H2,1H3,(H,13,15,17). The zero-order valence-electron chi connectivity index (χ0n) is 10.1. The quantitative estimate of drug-likeness (QED) is 0.750. The molecule has 0 aromatic rings. The predicted octanol–water partition coefficient (Wildman–Crippen LogP) is 1.28. The van der Waals surface area contributed by atoms with Crippen molar-refractivity contribution in [3.05, 3.63) is 0 Å². The summed E-state index contributed by atoms with van der Waals surface area (Å²) in [5.74, 6) is -0.989. The van der Waals surface area contributed by atoms with Crippen LogP contribution in [0.4, 0.5) is 4.79 Å². The third-order valence-corrected chi connectivity index (χ3v) is 3.60. The van der Waals surface area contributed by atoms with Crippen LogP contribution in [0.5, 0.6) is 0 Å². The zero-order chi connectivity index (χ0) is 12.4. The van der Waals surface area contributed by atoms with Gasteiger partial charge in [-0.3, -0.25) is 19.8 Å². The van der Waals surface area contributed by atoms with Gasteiger partial charge in [-0.05, 0) is 25.2 Å². The Hall–Kier alpha value is -1.39. The van der Waals surface area contributed by atoms with Gasteiger partial charge in [-0.25, -0.2) is 4.79 Å². The summed E-state index contributed by atoms with van der Waals surface area (Å²) in [7, 11) is 0. The van der Waals surface area contributed by atoms with E-state index in [0.717, 1.165) is 19.3 Å². The van der Waals surface area contributed by atoms with Crippen LogP contribution in [-0.2, 0) is 9.59 Å². The van der Waals surface area contributed by atoms with Crippen molar-refractivity contribution in [3.63, 3.8) is 0 Å². The van der Waals surface area contributed by atoms with Gasteiger partial charge in [-0.1, -0.05) is 19.8 Å². The van der Waals surface area contributed by atoms with E-state index in [1.165, 1.54) is 11.3 Å². The third kappa shape index (κ3) is 2.33. The number of nitrogens with zero attached hydrogens (tertiary/aromatic N) is 1. The first-order valence-corrected chi connectivity index (χ1v) is 6.29. The van der Waals surface area contributed by atoms with E-state index in [0.29, 0.717) is 18.9 Å². The van der Waals surface area contributed by atoms with Gasteiger partial charge in [0.2, 0.25) is 11.8 Å². The summed E-state index contributed by atoms with van der Waals surface area (Å²) in [4.78, 5) is 36.4. The largest absolute Gasteiger partial charge is 0.330 e. The normalized spacial score (nSPS) is 25.8. The summed E-state index contributed by atoms with van der Waals surface area (Å²) in [6, 6.07) is -0.542. The molecule has 1 unspecified atom stereocenters. The van der Waals surface area contributed by atoms with Crippen LogP contribution >= 0.6 is 0 Å². The average molecular weight is 238 g/mol. The molecule has 0 radical (unpaired) electrons. The van der Waals surface area contributed by atoms with Gasteiger partial charge in [-0.15, -0.1) is 0 Å². The fraction of sp³-hybridized carbons (Fsp3) is 0.750. The molecule has 2 aliphatic rings. The van der Waals surface area contributed by atoms with Crippen LogP contribution in [0.2, 0.25) is 0 Å². The first-order chi connectivity index (χ1) is 8.13. The molecular formula is C12H18N2O3. The summed E-state index contributed by atoms with van der Waals surface area (Å²) in [5.41, 5.74) is 0. The molecule has 94 valence electrons. The number of hydrogen-bond donors (Lipinski definition) is 1. The van der Waals surface area contributed by atoms with Gasteiger partial charge >= 0.3 is 6.03 Å². The fourth-order valence-corrected chi connectivity index (χ4v) is 2.31. The molecule has 1 saturated heterocycles. The minimum atomic E-state index is -0.669. The van der Waals surface area contributed by atoms with Crippen molar-refractivity contribution in [3.8, 4) is 0 Å². The lowest BCUT2D eigenvalue weighted by molar-refractivity contribution is -0.143. The van der Waals surface area contributed by atoms with E-state index >= 15 is 0 Å². The number of amides is 4. The second-order valence-corrected chi connectivity index (χ2v) is 4.88. The molecule has 17 heavy (non-hydrogen) atoms. The van der Waals surface area contributed by atoms with Crippen molar-refractivity contribution in [1.82, 2.24) is 10.2 Å². The Morgan fingerprint density at radius 3 is 2.53 bits per heavy atom. The third-order valence-electron chi connectivity index (χ3n) is 3.60. The number of hydrogen-bond acceptors (Lipinski definition) is 3. The second-order valence-electron chi connectivity index (χ2n) is 4.88. The molecule has 0 aromatic carbocycles. The lowest BCUT2D eigenvalue weighted by atomic mass is 9.84. The summed E-state index contributed by atoms with van der Waals surface area (Å²) in [5, 5.41) is 2.28. The Morgan fingerprint density at radius 2 is 2.00 bits per heavy atom. The van der Waals surface area contributed by atoms with E-state index in [-0.39, 0.29) is 5.91 Å². The van der Waals surface area contributed by atoms with E-state index in [4.69, 9.17) is 0 Å². The molecule has 0 bridgehead atoms. The van der Waals surface area contributed by atoms with Gasteiger partial charge in [0.05, 0.1) is 0 Å². The number of rotatable bonds is 4. The van der Waals surface area contributed by atoms with E-state index in [1.807, 2.05) is 6.92 Å². The Labute approximate surface area is 101 Å². The minimum absolute atomic E-state index is 0.312. The molecule has 1 aliphatic carbocycles. The summed E-state index contributed by atoms with van der Waals surface area (Å²) in [6.07, 6.45) is 4.59. The van der Waals surface area contributed by atoms with E-state index in [9.17, 15) is 14.4 Å². The smallest absolute Gasteiger partial charge is 0.277 e. The maximum absolute atomic E-state index is 12.1. The van der Waals surface area contributed by atoms with Crippen LogP contribution in [0.25, 0.3) is 0 Å². The highest BCUT2D eigenvalue weighted by atomic mass is 16.2. The molecule has 1 atom stereocenters. The molecular weight excluding hydrogens is 220 g/mol. The van der Waals surface area contributed by atoms with Gasteiger partial charge in [-0.2, -0.15) is 0 Å².